The molecular formula is C17H26N4O2. The molecule has 2 rings (SSSR count). The van der Waals surface area contributed by atoms with E-state index in [4.69, 9.17) is 5.73 Å². The van der Waals surface area contributed by atoms with Gasteiger partial charge in [0.2, 0.25) is 5.91 Å². The lowest BCUT2D eigenvalue weighted by atomic mass is 9.90. The van der Waals surface area contributed by atoms with Crippen LogP contribution < -0.4 is 16.4 Å². The average Bonchev–Trinajstić information content (AvgIpc) is 2.90. The Morgan fingerprint density at radius 2 is 1.96 bits per heavy atom. The summed E-state index contributed by atoms with van der Waals surface area (Å²) in [5, 5.41) is 5.48. The van der Waals surface area contributed by atoms with Gasteiger partial charge < -0.3 is 21.3 Å². The van der Waals surface area contributed by atoms with Gasteiger partial charge in [0.15, 0.2) is 0 Å². The van der Waals surface area contributed by atoms with Gasteiger partial charge in [-0.2, -0.15) is 0 Å². The summed E-state index contributed by atoms with van der Waals surface area (Å²) in [5.41, 5.74) is 5.47. The van der Waals surface area contributed by atoms with Crippen LogP contribution in [0.5, 0.6) is 0 Å². The van der Waals surface area contributed by atoms with Gasteiger partial charge in [-0.3, -0.25) is 4.79 Å². The Bertz CT molecular complexity index is 573. The van der Waals surface area contributed by atoms with Crippen molar-refractivity contribution < 1.29 is 9.59 Å². The Morgan fingerprint density at radius 3 is 2.52 bits per heavy atom. The molecule has 0 aliphatic carbocycles. The number of urea groups is 1. The predicted octanol–water partition coefficient (Wildman–Crippen LogP) is 1.78. The van der Waals surface area contributed by atoms with Crippen LogP contribution in [-0.4, -0.2) is 42.0 Å². The minimum absolute atomic E-state index is 0.0297. The number of rotatable bonds is 4. The van der Waals surface area contributed by atoms with Crippen molar-refractivity contribution in [2.24, 2.45) is 11.1 Å². The Morgan fingerprint density at radius 1 is 1.30 bits per heavy atom. The number of hydrogen-bond donors (Lipinski definition) is 3. The maximum atomic E-state index is 12.7. The highest BCUT2D eigenvalue weighted by atomic mass is 16.2. The van der Waals surface area contributed by atoms with E-state index in [1.165, 1.54) is 0 Å². The van der Waals surface area contributed by atoms with Crippen LogP contribution in [-0.2, 0) is 4.79 Å². The lowest BCUT2D eigenvalue weighted by molar-refractivity contribution is -0.135. The van der Waals surface area contributed by atoms with Crippen LogP contribution in [0.2, 0.25) is 0 Å². The number of benzene rings is 1. The van der Waals surface area contributed by atoms with Crippen molar-refractivity contribution in [2.75, 3.05) is 25.0 Å². The van der Waals surface area contributed by atoms with Crippen molar-refractivity contribution >= 4 is 17.6 Å². The molecule has 0 aromatic heterocycles. The van der Waals surface area contributed by atoms with E-state index in [9.17, 15) is 9.59 Å². The number of amides is 3. The van der Waals surface area contributed by atoms with Crippen molar-refractivity contribution in [3.8, 4) is 0 Å². The van der Waals surface area contributed by atoms with Gasteiger partial charge in [-0.15, -0.1) is 0 Å². The van der Waals surface area contributed by atoms with Crippen LogP contribution in [0.15, 0.2) is 30.3 Å². The normalized spacial score (nSPS) is 21.1. The molecule has 1 saturated heterocycles. The number of carbonyl (C=O) groups is 2. The molecule has 1 heterocycles. The molecule has 1 aromatic rings. The summed E-state index contributed by atoms with van der Waals surface area (Å²) in [5.74, 6) is -0.0853. The zero-order valence-corrected chi connectivity index (χ0v) is 14.1. The van der Waals surface area contributed by atoms with Gasteiger partial charge >= 0.3 is 6.03 Å². The molecule has 23 heavy (non-hydrogen) atoms. The van der Waals surface area contributed by atoms with Crippen molar-refractivity contribution in [2.45, 2.75) is 32.7 Å². The summed E-state index contributed by atoms with van der Waals surface area (Å²) in [7, 11) is 0. The summed E-state index contributed by atoms with van der Waals surface area (Å²) < 4.78 is 0. The number of nitrogens with two attached hydrogens (primary N) is 1. The molecule has 0 radical (unpaired) electrons. The number of likely N-dealkylation sites (tertiary alicyclic amines) is 1. The van der Waals surface area contributed by atoms with E-state index >= 15 is 0 Å². The molecule has 6 nitrogen and oxygen atoms in total. The van der Waals surface area contributed by atoms with Gasteiger partial charge in [-0.05, 0) is 44.4 Å². The lowest BCUT2D eigenvalue weighted by Crippen LogP contribution is -2.56. The second-order valence-corrected chi connectivity index (χ2v) is 7.06. The average molecular weight is 318 g/mol. The highest BCUT2D eigenvalue weighted by Crippen LogP contribution is 2.29. The highest BCUT2D eigenvalue weighted by Gasteiger charge is 2.40. The Kier molecular flexibility index (Phi) is 4.94. The summed E-state index contributed by atoms with van der Waals surface area (Å²) in [6, 6.07) is 8.74. The summed E-state index contributed by atoms with van der Waals surface area (Å²) in [4.78, 5) is 26.6. The van der Waals surface area contributed by atoms with E-state index < -0.39 is 11.6 Å². The second-order valence-electron chi connectivity index (χ2n) is 7.06. The third-order valence-corrected chi connectivity index (χ3v) is 4.33. The van der Waals surface area contributed by atoms with Gasteiger partial charge in [0.25, 0.3) is 0 Å². The fraction of sp³-hybridized carbons (Fsp3) is 0.529. The number of anilines is 1. The van der Waals surface area contributed by atoms with Crippen molar-refractivity contribution in [3.05, 3.63) is 30.3 Å². The maximum Gasteiger partial charge on any atom is 0.320 e. The van der Waals surface area contributed by atoms with Gasteiger partial charge in [-0.25, -0.2) is 4.79 Å². The number of nitrogens with one attached hydrogen (secondary N) is 2. The van der Waals surface area contributed by atoms with Crippen molar-refractivity contribution in [3.63, 3.8) is 0 Å². The molecule has 6 heteroatoms. The van der Waals surface area contributed by atoms with Crippen LogP contribution in [0.25, 0.3) is 0 Å². The van der Waals surface area contributed by atoms with Crippen LogP contribution in [0.1, 0.15) is 27.2 Å². The molecule has 1 fully saturated rings. The van der Waals surface area contributed by atoms with E-state index in [0.717, 1.165) is 6.42 Å². The Balaban J connectivity index is 1.95. The molecule has 0 bridgehead atoms. The molecular weight excluding hydrogens is 292 g/mol. The van der Waals surface area contributed by atoms with Gasteiger partial charge in [-0.1, -0.05) is 25.1 Å². The lowest BCUT2D eigenvalue weighted by Gasteiger charge is -2.31. The number of nitrogens with zero attached hydrogens (tertiary/aromatic N) is 1. The molecule has 3 amide bonds. The van der Waals surface area contributed by atoms with Crippen LogP contribution in [0, 0.1) is 5.41 Å². The Labute approximate surface area is 137 Å². The highest BCUT2D eigenvalue weighted by molar-refractivity contribution is 5.95. The fourth-order valence-electron chi connectivity index (χ4n) is 2.78. The number of hydrogen-bond acceptors (Lipinski definition) is 3. The third kappa shape index (κ3) is 4.22. The Hall–Kier alpha value is -2.08. The molecule has 1 atom stereocenters. The maximum absolute atomic E-state index is 12.7. The number of carbonyl (C=O) groups excluding carboxylic acids is 2. The van der Waals surface area contributed by atoms with E-state index in [0.29, 0.717) is 25.3 Å². The van der Waals surface area contributed by atoms with E-state index in [2.05, 4.69) is 17.6 Å². The van der Waals surface area contributed by atoms with Gasteiger partial charge in [0.05, 0.1) is 0 Å². The van der Waals surface area contributed by atoms with E-state index in [1.54, 1.807) is 30.9 Å². The molecule has 0 saturated carbocycles. The molecule has 4 N–H and O–H groups in total. The van der Waals surface area contributed by atoms with Crippen LogP contribution >= 0.6 is 0 Å². The van der Waals surface area contributed by atoms with E-state index in [-0.39, 0.29) is 11.3 Å². The first-order chi connectivity index (χ1) is 10.8. The van der Waals surface area contributed by atoms with E-state index in [1.807, 2.05) is 18.2 Å². The topological polar surface area (TPSA) is 87.5 Å². The third-order valence-electron chi connectivity index (χ3n) is 4.33. The standard InChI is InChI=1S/C17H26N4O2/c1-16(2,14(22)21-10-9-17(3,11-18)12-21)20-15(23)19-13-7-5-4-6-8-13/h4-8H,9-12,18H2,1-3H3,(H2,19,20,23). The summed E-state index contributed by atoms with van der Waals surface area (Å²) in [6.07, 6.45) is 0.890. The van der Waals surface area contributed by atoms with Crippen LogP contribution in [0.3, 0.4) is 0 Å². The zero-order valence-electron chi connectivity index (χ0n) is 14.1. The summed E-state index contributed by atoms with van der Waals surface area (Å²) >= 11 is 0. The number of para-hydroxylation sites is 1. The summed E-state index contributed by atoms with van der Waals surface area (Å²) in [6.45, 7) is 7.39. The zero-order chi connectivity index (χ0) is 17.1. The first-order valence-corrected chi connectivity index (χ1v) is 7.89. The fourth-order valence-corrected chi connectivity index (χ4v) is 2.78. The molecule has 1 unspecified atom stereocenters. The first-order valence-electron chi connectivity index (χ1n) is 7.89. The first kappa shape index (κ1) is 17.3. The SMILES string of the molecule is CC1(CN)CCN(C(=O)C(C)(C)NC(=O)Nc2ccccc2)C1. The smallest absolute Gasteiger partial charge is 0.320 e. The van der Waals surface area contributed by atoms with Gasteiger partial charge in [0.1, 0.15) is 5.54 Å². The minimum Gasteiger partial charge on any atom is -0.340 e. The van der Waals surface area contributed by atoms with Crippen LogP contribution in [0.4, 0.5) is 10.5 Å². The molecule has 1 aliphatic heterocycles. The van der Waals surface area contributed by atoms with Gasteiger partial charge in [0, 0.05) is 18.8 Å². The van der Waals surface area contributed by atoms with Crippen molar-refractivity contribution in [1.29, 1.82) is 0 Å². The second kappa shape index (κ2) is 6.58. The quantitative estimate of drug-likeness (QED) is 0.791. The molecule has 126 valence electrons. The molecule has 1 aromatic carbocycles. The predicted molar refractivity (Wildman–Crippen MR) is 91.0 cm³/mol. The minimum atomic E-state index is -0.973. The molecule has 0 spiro atoms. The monoisotopic (exact) mass is 318 g/mol. The largest absolute Gasteiger partial charge is 0.340 e. The van der Waals surface area contributed by atoms with Crippen molar-refractivity contribution in [1.82, 2.24) is 10.2 Å². The molecule has 1 aliphatic rings.